The summed E-state index contributed by atoms with van der Waals surface area (Å²) in [6.45, 7) is 0. The zero-order chi connectivity index (χ0) is 7.49. The zero-order valence-electron chi connectivity index (χ0n) is 3.97. The summed E-state index contributed by atoms with van der Waals surface area (Å²) in [5, 5.41) is 0. The lowest BCUT2D eigenvalue weighted by molar-refractivity contribution is -0.0822. The topological polar surface area (TPSA) is 12.0 Å². The summed E-state index contributed by atoms with van der Waals surface area (Å²) in [5.74, 6) is -2.05. The largest absolute Gasteiger partial charge is 0.414 e. The first-order valence-corrected chi connectivity index (χ1v) is 1.77. The average molecular weight is 147 g/mol. The SMILES string of the molecule is FN/C(F)=C/C(F)(F)F. The van der Waals surface area contributed by atoms with E-state index in [4.69, 9.17) is 0 Å². The third-order valence-corrected chi connectivity index (χ3v) is 0.381. The molecule has 0 aromatic carbocycles. The van der Waals surface area contributed by atoms with Crippen LogP contribution in [0.5, 0.6) is 0 Å². The van der Waals surface area contributed by atoms with Gasteiger partial charge in [-0.05, 0) is 0 Å². The lowest BCUT2D eigenvalue weighted by Crippen LogP contribution is -2.06. The van der Waals surface area contributed by atoms with Gasteiger partial charge in [-0.15, -0.1) is 4.48 Å². The molecule has 9 heavy (non-hydrogen) atoms. The molecule has 0 atom stereocenters. The molecule has 0 unspecified atom stereocenters. The Morgan fingerprint density at radius 2 is 1.78 bits per heavy atom. The van der Waals surface area contributed by atoms with Crippen molar-refractivity contribution in [3.05, 3.63) is 12.0 Å². The average Bonchev–Trinajstić information content (AvgIpc) is 1.62. The molecule has 0 spiro atoms. The number of allylic oxidation sites excluding steroid dienone is 1. The van der Waals surface area contributed by atoms with Gasteiger partial charge in [0.05, 0.1) is 6.08 Å². The standard InChI is InChI=1S/C3H2F5N/c4-2(9-8)1-3(5,6)7/h1,9H/b2-1+. The maximum Gasteiger partial charge on any atom is 0.414 e. The van der Waals surface area contributed by atoms with Gasteiger partial charge in [0, 0.05) is 0 Å². The fourth-order valence-electron chi connectivity index (χ4n) is 0.171. The van der Waals surface area contributed by atoms with Gasteiger partial charge in [0.25, 0.3) is 0 Å². The second-order valence-electron chi connectivity index (χ2n) is 1.13. The van der Waals surface area contributed by atoms with Crippen LogP contribution in [0.1, 0.15) is 0 Å². The Hall–Kier alpha value is -0.810. The Morgan fingerprint density at radius 3 is 1.89 bits per heavy atom. The Balaban J connectivity index is 3.95. The second kappa shape index (κ2) is 2.65. The molecule has 0 heterocycles. The molecule has 0 saturated heterocycles. The Kier molecular flexibility index (Phi) is 2.41. The molecule has 0 aromatic heterocycles. The fourth-order valence-corrected chi connectivity index (χ4v) is 0.171. The summed E-state index contributed by atoms with van der Waals surface area (Å²) in [4.78, 5) is 0. The number of alkyl halides is 3. The maximum atomic E-state index is 11.3. The molecule has 54 valence electrons. The minimum Gasteiger partial charge on any atom is -0.197 e. The van der Waals surface area contributed by atoms with Crippen molar-refractivity contribution in [1.29, 1.82) is 0 Å². The normalized spacial score (nSPS) is 13.7. The summed E-state index contributed by atoms with van der Waals surface area (Å²) in [6.07, 6.45) is -5.64. The number of rotatable bonds is 1. The minimum absolute atomic E-state index is 0.196. The van der Waals surface area contributed by atoms with Crippen LogP contribution >= 0.6 is 0 Å². The first-order valence-electron chi connectivity index (χ1n) is 1.77. The molecule has 0 aliphatic rings. The zero-order valence-corrected chi connectivity index (χ0v) is 3.97. The van der Waals surface area contributed by atoms with E-state index in [-0.39, 0.29) is 5.54 Å². The van der Waals surface area contributed by atoms with Crippen LogP contribution in [0, 0.1) is 0 Å². The first-order chi connectivity index (χ1) is 3.95. The fraction of sp³-hybridized carbons (Fsp3) is 0.333. The van der Waals surface area contributed by atoms with Crippen molar-refractivity contribution in [2.24, 2.45) is 0 Å². The quantitative estimate of drug-likeness (QED) is 0.339. The third-order valence-electron chi connectivity index (χ3n) is 0.381. The van der Waals surface area contributed by atoms with Crippen molar-refractivity contribution in [3.63, 3.8) is 0 Å². The van der Waals surface area contributed by atoms with Gasteiger partial charge in [-0.2, -0.15) is 23.1 Å². The van der Waals surface area contributed by atoms with E-state index in [0.29, 0.717) is 0 Å². The Morgan fingerprint density at radius 1 is 1.33 bits per heavy atom. The third kappa shape index (κ3) is 5.05. The van der Waals surface area contributed by atoms with Crippen LogP contribution in [-0.2, 0) is 0 Å². The van der Waals surface area contributed by atoms with Crippen molar-refractivity contribution in [2.75, 3.05) is 0 Å². The first kappa shape index (κ1) is 8.19. The van der Waals surface area contributed by atoms with Crippen LogP contribution in [-0.4, -0.2) is 6.18 Å². The number of nitrogens with one attached hydrogen (secondary N) is 1. The lowest BCUT2D eigenvalue weighted by atomic mass is 10.6. The van der Waals surface area contributed by atoms with E-state index in [1.165, 1.54) is 0 Å². The van der Waals surface area contributed by atoms with Crippen LogP contribution in [0.4, 0.5) is 22.0 Å². The minimum atomic E-state index is -4.82. The van der Waals surface area contributed by atoms with Crippen molar-refractivity contribution < 1.29 is 22.0 Å². The van der Waals surface area contributed by atoms with Gasteiger partial charge in [-0.3, -0.25) is 0 Å². The molecule has 0 fully saturated rings. The van der Waals surface area contributed by atoms with Crippen LogP contribution in [0.3, 0.4) is 0 Å². The lowest BCUT2D eigenvalue weighted by Gasteiger charge is -1.96. The van der Waals surface area contributed by atoms with Crippen molar-refractivity contribution in [2.45, 2.75) is 6.18 Å². The molecule has 0 rings (SSSR count). The maximum absolute atomic E-state index is 11.3. The highest BCUT2D eigenvalue weighted by Crippen LogP contribution is 2.17. The number of hydrogen-bond donors (Lipinski definition) is 1. The van der Waals surface area contributed by atoms with E-state index in [2.05, 4.69) is 0 Å². The molecule has 0 amide bonds. The molecule has 0 bridgehead atoms. The smallest absolute Gasteiger partial charge is 0.197 e. The number of halogens is 5. The summed E-state index contributed by atoms with van der Waals surface area (Å²) < 4.78 is 54.9. The molecule has 6 heteroatoms. The molecule has 1 nitrogen and oxygen atoms in total. The van der Waals surface area contributed by atoms with Gasteiger partial charge in [-0.1, -0.05) is 0 Å². The molecule has 0 radical (unpaired) electrons. The van der Waals surface area contributed by atoms with Gasteiger partial charge in [-0.25, -0.2) is 0 Å². The van der Waals surface area contributed by atoms with Crippen molar-refractivity contribution in [1.82, 2.24) is 5.54 Å². The molecule has 0 aromatic rings. The van der Waals surface area contributed by atoms with Crippen LogP contribution in [0.25, 0.3) is 0 Å². The highest BCUT2D eigenvalue weighted by molar-refractivity contribution is 4.92. The Bertz CT molecular complexity index is 114. The molecule has 0 aliphatic carbocycles. The summed E-state index contributed by atoms with van der Waals surface area (Å²) in [6, 6.07) is 0. The van der Waals surface area contributed by atoms with Gasteiger partial charge >= 0.3 is 6.18 Å². The summed E-state index contributed by atoms with van der Waals surface area (Å²) in [7, 11) is 0. The molecular weight excluding hydrogens is 145 g/mol. The van der Waals surface area contributed by atoms with Crippen LogP contribution < -0.4 is 5.54 Å². The second-order valence-corrected chi connectivity index (χ2v) is 1.13. The monoisotopic (exact) mass is 147 g/mol. The van der Waals surface area contributed by atoms with E-state index >= 15 is 0 Å². The molecule has 0 saturated carbocycles. The van der Waals surface area contributed by atoms with E-state index in [1.807, 2.05) is 0 Å². The van der Waals surface area contributed by atoms with Gasteiger partial charge < -0.3 is 0 Å². The van der Waals surface area contributed by atoms with Gasteiger partial charge in [0.1, 0.15) is 0 Å². The van der Waals surface area contributed by atoms with Crippen molar-refractivity contribution in [3.8, 4) is 0 Å². The van der Waals surface area contributed by atoms with Crippen LogP contribution in [0.2, 0.25) is 0 Å². The molecule has 0 aliphatic heterocycles. The summed E-state index contributed by atoms with van der Waals surface area (Å²) >= 11 is 0. The van der Waals surface area contributed by atoms with Crippen LogP contribution in [0.15, 0.2) is 12.0 Å². The Labute approximate surface area is 47.1 Å². The van der Waals surface area contributed by atoms with Crippen molar-refractivity contribution >= 4 is 0 Å². The summed E-state index contributed by atoms with van der Waals surface area (Å²) in [5.41, 5.74) is 0.196. The number of hydrogen-bond acceptors (Lipinski definition) is 1. The predicted octanol–water partition coefficient (Wildman–Crippen LogP) is 1.83. The molecular formula is C3H2F5N. The molecule has 1 N–H and O–H groups in total. The van der Waals surface area contributed by atoms with E-state index in [0.717, 1.165) is 0 Å². The van der Waals surface area contributed by atoms with E-state index in [1.54, 1.807) is 0 Å². The van der Waals surface area contributed by atoms with E-state index < -0.39 is 18.2 Å². The highest BCUT2D eigenvalue weighted by atomic mass is 19.4. The highest BCUT2D eigenvalue weighted by Gasteiger charge is 2.24. The predicted molar refractivity (Wildman–Crippen MR) is 19.5 cm³/mol. The van der Waals surface area contributed by atoms with E-state index in [9.17, 15) is 22.0 Å². The van der Waals surface area contributed by atoms with Gasteiger partial charge in [0.15, 0.2) is 0 Å². The van der Waals surface area contributed by atoms with Gasteiger partial charge in [0.2, 0.25) is 5.95 Å².